The van der Waals surface area contributed by atoms with Gasteiger partial charge in [-0.3, -0.25) is 4.90 Å². The van der Waals surface area contributed by atoms with Crippen LogP contribution in [0.1, 0.15) is 46.5 Å². The Morgan fingerprint density at radius 1 is 1.28 bits per heavy atom. The third-order valence-electron chi connectivity index (χ3n) is 3.73. The van der Waals surface area contributed by atoms with Crippen LogP contribution >= 0.6 is 0 Å². The molecule has 1 saturated heterocycles. The molecular weight excluding hydrogens is 234 g/mol. The lowest BCUT2D eigenvalue weighted by molar-refractivity contribution is -0.142. The molecule has 1 amide bonds. The second kappa shape index (κ2) is 4.44. The van der Waals surface area contributed by atoms with Crippen LogP contribution < -0.4 is 0 Å². The molecule has 0 bridgehead atoms. The van der Waals surface area contributed by atoms with E-state index in [1.165, 1.54) is 4.90 Å². The number of fused-ring (bicyclic) bond motifs is 1. The largest absolute Gasteiger partial charge is 0.480 e. The van der Waals surface area contributed by atoms with Crippen molar-refractivity contribution in [3.05, 3.63) is 0 Å². The molecule has 5 nitrogen and oxygen atoms in total. The summed E-state index contributed by atoms with van der Waals surface area (Å²) in [5.41, 5.74) is -0.586. The van der Waals surface area contributed by atoms with Gasteiger partial charge >= 0.3 is 12.1 Å². The first-order valence-corrected chi connectivity index (χ1v) is 6.54. The van der Waals surface area contributed by atoms with Crippen molar-refractivity contribution in [3.63, 3.8) is 0 Å². The highest BCUT2D eigenvalue weighted by Gasteiger charge is 2.50. The van der Waals surface area contributed by atoms with E-state index in [4.69, 9.17) is 4.74 Å². The summed E-state index contributed by atoms with van der Waals surface area (Å²) in [6.45, 7) is 5.38. The molecule has 1 heterocycles. The first-order valence-electron chi connectivity index (χ1n) is 6.54. The van der Waals surface area contributed by atoms with Gasteiger partial charge in [-0.1, -0.05) is 6.42 Å². The molecule has 3 atom stereocenters. The number of carbonyl (C=O) groups is 2. The van der Waals surface area contributed by atoms with Crippen LogP contribution in [0.15, 0.2) is 0 Å². The highest BCUT2D eigenvalue weighted by molar-refractivity contribution is 5.81. The fraction of sp³-hybridized carbons (Fsp3) is 0.846. The third kappa shape index (κ3) is 2.44. The number of hydrogen-bond donors (Lipinski definition) is 1. The average Bonchev–Trinajstić information content (AvgIpc) is 2.70. The zero-order chi connectivity index (χ0) is 13.5. The van der Waals surface area contributed by atoms with Crippen LogP contribution in [0.5, 0.6) is 0 Å². The van der Waals surface area contributed by atoms with Crippen LogP contribution in [0.3, 0.4) is 0 Å². The van der Waals surface area contributed by atoms with Crippen molar-refractivity contribution >= 4 is 12.1 Å². The van der Waals surface area contributed by atoms with E-state index in [0.717, 1.165) is 19.3 Å². The summed E-state index contributed by atoms with van der Waals surface area (Å²) >= 11 is 0. The molecule has 102 valence electrons. The van der Waals surface area contributed by atoms with Gasteiger partial charge in [-0.2, -0.15) is 0 Å². The highest BCUT2D eigenvalue weighted by Crippen LogP contribution is 2.41. The Morgan fingerprint density at radius 3 is 2.50 bits per heavy atom. The van der Waals surface area contributed by atoms with Crippen molar-refractivity contribution in [2.45, 2.75) is 64.1 Å². The van der Waals surface area contributed by atoms with Crippen LogP contribution in [0.25, 0.3) is 0 Å². The summed E-state index contributed by atoms with van der Waals surface area (Å²) in [7, 11) is 0. The topological polar surface area (TPSA) is 66.8 Å². The molecule has 5 heteroatoms. The lowest BCUT2D eigenvalue weighted by Crippen LogP contribution is -2.47. The Morgan fingerprint density at radius 2 is 1.94 bits per heavy atom. The normalized spacial score (nSPS) is 31.3. The molecule has 0 aromatic heterocycles. The number of carbonyl (C=O) groups excluding carboxylic acids is 1. The number of likely N-dealkylation sites (tertiary alicyclic amines) is 1. The molecule has 1 aliphatic carbocycles. The van der Waals surface area contributed by atoms with Gasteiger partial charge in [0.1, 0.15) is 11.6 Å². The van der Waals surface area contributed by atoms with Gasteiger partial charge in [0.2, 0.25) is 0 Å². The van der Waals surface area contributed by atoms with Crippen molar-refractivity contribution in [2.24, 2.45) is 5.92 Å². The van der Waals surface area contributed by atoms with Crippen LogP contribution in [-0.4, -0.2) is 39.8 Å². The number of carboxylic acid groups (broad SMARTS) is 1. The minimum atomic E-state index is -0.921. The van der Waals surface area contributed by atoms with Gasteiger partial charge in [0, 0.05) is 6.04 Å². The van der Waals surface area contributed by atoms with E-state index in [-0.39, 0.29) is 6.04 Å². The number of rotatable bonds is 1. The number of carboxylic acids is 1. The molecule has 0 spiro atoms. The molecule has 2 aliphatic rings. The molecule has 0 unspecified atom stereocenters. The molecule has 2 fully saturated rings. The second-order valence-corrected chi connectivity index (χ2v) is 6.24. The molecular formula is C13H21NO4. The van der Waals surface area contributed by atoms with Crippen molar-refractivity contribution < 1.29 is 19.4 Å². The van der Waals surface area contributed by atoms with Crippen molar-refractivity contribution in [3.8, 4) is 0 Å². The third-order valence-corrected chi connectivity index (χ3v) is 3.73. The zero-order valence-corrected chi connectivity index (χ0v) is 11.2. The Bertz CT molecular complexity index is 360. The average molecular weight is 255 g/mol. The molecule has 0 radical (unpaired) electrons. The van der Waals surface area contributed by atoms with Crippen molar-refractivity contribution in [1.82, 2.24) is 4.90 Å². The quantitative estimate of drug-likeness (QED) is 0.780. The second-order valence-electron chi connectivity index (χ2n) is 6.24. The standard InChI is InChI=1S/C13H21NO4/c1-13(2,3)18-12(17)14-9-6-4-5-8(9)7-10(14)11(15)16/h8-10H,4-7H2,1-3H3,(H,15,16)/t8-,9-,10+/m1/s1. The van der Waals surface area contributed by atoms with Gasteiger partial charge in [-0.25, -0.2) is 9.59 Å². The van der Waals surface area contributed by atoms with Gasteiger partial charge in [-0.05, 0) is 46.0 Å². The predicted octanol–water partition coefficient (Wildman–Crippen LogP) is 2.25. The van der Waals surface area contributed by atoms with E-state index in [0.29, 0.717) is 12.3 Å². The number of nitrogens with zero attached hydrogens (tertiary/aromatic N) is 1. The minimum Gasteiger partial charge on any atom is -0.480 e. The molecule has 2 rings (SSSR count). The van der Waals surface area contributed by atoms with Gasteiger partial charge in [0.25, 0.3) is 0 Å². The smallest absolute Gasteiger partial charge is 0.411 e. The summed E-state index contributed by atoms with van der Waals surface area (Å²) < 4.78 is 5.33. The van der Waals surface area contributed by atoms with Crippen LogP contribution in [0.4, 0.5) is 4.79 Å². The van der Waals surface area contributed by atoms with Crippen LogP contribution in [0.2, 0.25) is 0 Å². The summed E-state index contributed by atoms with van der Waals surface area (Å²) in [5.74, 6) is -0.589. The fourth-order valence-corrected chi connectivity index (χ4v) is 3.09. The SMILES string of the molecule is CC(C)(C)OC(=O)N1[C@@H]2CCC[C@@H]2C[C@H]1C(=O)O. The van der Waals surface area contributed by atoms with E-state index in [1.54, 1.807) is 20.8 Å². The van der Waals surface area contributed by atoms with E-state index in [2.05, 4.69) is 0 Å². The molecule has 1 aliphatic heterocycles. The number of hydrogen-bond acceptors (Lipinski definition) is 3. The first-order chi connectivity index (χ1) is 8.29. The molecule has 1 saturated carbocycles. The van der Waals surface area contributed by atoms with Gasteiger partial charge in [-0.15, -0.1) is 0 Å². The lowest BCUT2D eigenvalue weighted by atomic mass is 10.0. The minimum absolute atomic E-state index is 0.0564. The Hall–Kier alpha value is -1.26. The maximum Gasteiger partial charge on any atom is 0.411 e. The molecule has 0 aromatic rings. The Balaban J connectivity index is 2.16. The summed E-state index contributed by atoms with van der Waals surface area (Å²) in [4.78, 5) is 24.9. The van der Waals surface area contributed by atoms with E-state index >= 15 is 0 Å². The van der Waals surface area contributed by atoms with E-state index in [1.807, 2.05) is 0 Å². The number of aliphatic carboxylic acids is 1. The van der Waals surface area contributed by atoms with Gasteiger partial charge in [0.05, 0.1) is 0 Å². The first kappa shape index (κ1) is 13.2. The van der Waals surface area contributed by atoms with Crippen LogP contribution in [0, 0.1) is 5.92 Å². The molecule has 18 heavy (non-hydrogen) atoms. The van der Waals surface area contributed by atoms with Gasteiger partial charge in [0.15, 0.2) is 0 Å². The fourth-order valence-electron chi connectivity index (χ4n) is 3.09. The Labute approximate surface area is 107 Å². The molecule has 0 aromatic carbocycles. The summed E-state index contributed by atoms with van der Waals surface area (Å²) in [6, 6.07) is -0.656. The highest BCUT2D eigenvalue weighted by atomic mass is 16.6. The van der Waals surface area contributed by atoms with Crippen molar-refractivity contribution in [2.75, 3.05) is 0 Å². The summed E-state index contributed by atoms with van der Waals surface area (Å²) in [6.07, 6.45) is 3.08. The monoisotopic (exact) mass is 255 g/mol. The van der Waals surface area contributed by atoms with Crippen LogP contribution in [-0.2, 0) is 9.53 Å². The Kier molecular flexibility index (Phi) is 3.25. The summed E-state index contributed by atoms with van der Waals surface area (Å²) in [5, 5.41) is 9.24. The maximum atomic E-state index is 12.2. The zero-order valence-electron chi connectivity index (χ0n) is 11.2. The number of amides is 1. The van der Waals surface area contributed by atoms with E-state index < -0.39 is 23.7 Å². The maximum absolute atomic E-state index is 12.2. The molecule has 1 N–H and O–H groups in total. The van der Waals surface area contributed by atoms with Crippen molar-refractivity contribution in [1.29, 1.82) is 0 Å². The lowest BCUT2D eigenvalue weighted by Gasteiger charge is -2.30. The predicted molar refractivity (Wildman–Crippen MR) is 65.2 cm³/mol. The number of ether oxygens (including phenoxy) is 1. The van der Waals surface area contributed by atoms with Gasteiger partial charge < -0.3 is 9.84 Å². The van der Waals surface area contributed by atoms with E-state index in [9.17, 15) is 14.7 Å².